The van der Waals surface area contributed by atoms with Gasteiger partial charge in [0.25, 0.3) is 0 Å². The molecule has 1 N–H and O–H groups in total. The maximum Gasteiger partial charge on any atom is 0.336 e. The lowest BCUT2D eigenvalue weighted by Gasteiger charge is -2.03. The predicted molar refractivity (Wildman–Crippen MR) is 95.4 cm³/mol. The van der Waals surface area contributed by atoms with Gasteiger partial charge in [-0.2, -0.15) is 0 Å². The minimum Gasteiger partial charge on any atom is -0.478 e. The minimum absolute atomic E-state index is 0.268. The second-order valence-corrected chi connectivity index (χ2v) is 5.70. The Morgan fingerprint density at radius 2 is 1.83 bits per heavy atom. The molecule has 0 saturated carbocycles. The number of aromatic nitrogens is 1. The molecule has 1 aliphatic rings. The molecule has 3 aromatic rings. The van der Waals surface area contributed by atoms with Crippen LogP contribution in [-0.4, -0.2) is 22.3 Å². The average molecular weight is 314 g/mol. The lowest BCUT2D eigenvalue weighted by molar-refractivity contribution is 0.0699. The van der Waals surface area contributed by atoms with E-state index in [0.717, 1.165) is 23.2 Å². The highest BCUT2D eigenvalue weighted by Gasteiger charge is 2.09. The van der Waals surface area contributed by atoms with Crippen molar-refractivity contribution < 1.29 is 9.90 Å². The number of fused-ring (bicyclic) bond motifs is 2. The molecule has 2 heterocycles. The van der Waals surface area contributed by atoms with Gasteiger partial charge in [-0.05, 0) is 46.5 Å². The summed E-state index contributed by atoms with van der Waals surface area (Å²) in [6.07, 6.45) is 7.41. The number of carboxylic acid groups (broad SMARTS) is 1. The molecule has 0 radical (unpaired) electrons. The minimum atomic E-state index is -0.943. The van der Waals surface area contributed by atoms with E-state index in [1.165, 1.54) is 17.8 Å². The zero-order valence-electron chi connectivity index (χ0n) is 12.8. The summed E-state index contributed by atoms with van der Waals surface area (Å²) in [5, 5.41) is 9.96. The van der Waals surface area contributed by atoms with Crippen LogP contribution in [0.1, 0.15) is 32.6 Å². The van der Waals surface area contributed by atoms with Crippen molar-refractivity contribution in [3.8, 4) is 0 Å². The quantitative estimate of drug-likeness (QED) is 0.742. The lowest BCUT2D eigenvalue weighted by atomic mass is 10.0. The van der Waals surface area contributed by atoms with Gasteiger partial charge in [0.2, 0.25) is 0 Å². The number of hydrogen-bond acceptors (Lipinski definition) is 3. The molecular formula is C20H14N2O2. The molecule has 0 amide bonds. The van der Waals surface area contributed by atoms with E-state index >= 15 is 0 Å². The molecule has 0 saturated heterocycles. The molecule has 1 aliphatic heterocycles. The second-order valence-electron chi connectivity index (χ2n) is 5.70. The first kappa shape index (κ1) is 14.3. The van der Waals surface area contributed by atoms with Crippen LogP contribution in [0.2, 0.25) is 0 Å². The molecule has 0 unspecified atom stereocenters. The summed E-state index contributed by atoms with van der Waals surface area (Å²) in [7, 11) is 0. The Kier molecular flexibility index (Phi) is 3.43. The fourth-order valence-electron chi connectivity index (χ4n) is 2.87. The molecule has 0 fully saturated rings. The number of carboxylic acids is 1. The lowest BCUT2D eigenvalue weighted by Crippen LogP contribution is -1.98. The number of pyridine rings is 1. The van der Waals surface area contributed by atoms with Crippen LogP contribution >= 0.6 is 0 Å². The summed E-state index contributed by atoms with van der Waals surface area (Å²) in [5.74, 6) is -0.943. The van der Waals surface area contributed by atoms with Crippen molar-refractivity contribution in [3.05, 3.63) is 76.5 Å². The van der Waals surface area contributed by atoms with E-state index in [0.29, 0.717) is 10.9 Å². The predicted octanol–water partition coefficient (Wildman–Crippen LogP) is 4.04. The van der Waals surface area contributed by atoms with Gasteiger partial charge in [-0.15, -0.1) is 0 Å². The fourth-order valence-corrected chi connectivity index (χ4v) is 2.87. The number of rotatable bonds is 3. The normalized spacial score (nSPS) is 12.8. The number of aromatic carboxylic acids is 1. The Labute approximate surface area is 138 Å². The first-order valence-electron chi connectivity index (χ1n) is 7.63. The molecule has 0 atom stereocenters. The van der Waals surface area contributed by atoms with Crippen LogP contribution in [0.25, 0.3) is 23.1 Å². The summed E-state index contributed by atoms with van der Waals surface area (Å²) in [6, 6.07) is 13.4. The van der Waals surface area contributed by atoms with E-state index in [9.17, 15) is 9.90 Å². The van der Waals surface area contributed by atoms with Crippen LogP contribution in [0.3, 0.4) is 0 Å². The molecular weight excluding hydrogens is 300 g/mol. The van der Waals surface area contributed by atoms with Crippen molar-refractivity contribution in [1.82, 2.24) is 4.98 Å². The van der Waals surface area contributed by atoms with Crippen molar-refractivity contribution in [2.45, 2.75) is 6.54 Å². The van der Waals surface area contributed by atoms with Crippen LogP contribution in [0, 0.1) is 0 Å². The Morgan fingerprint density at radius 3 is 2.67 bits per heavy atom. The smallest absolute Gasteiger partial charge is 0.336 e. The van der Waals surface area contributed by atoms with Gasteiger partial charge in [0.15, 0.2) is 0 Å². The van der Waals surface area contributed by atoms with Gasteiger partial charge >= 0.3 is 5.97 Å². The molecule has 4 heteroatoms. The second kappa shape index (κ2) is 5.74. The van der Waals surface area contributed by atoms with Gasteiger partial charge in [-0.1, -0.05) is 30.4 Å². The van der Waals surface area contributed by atoms with Crippen LogP contribution in [0.4, 0.5) is 0 Å². The first-order chi connectivity index (χ1) is 11.7. The molecule has 4 rings (SSSR count). The van der Waals surface area contributed by atoms with E-state index in [1.807, 2.05) is 36.6 Å². The van der Waals surface area contributed by atoms with Crippen molar-refractivity contribution in [1.29, 1.82) is 0 Å². The van der Waals surface area contributed by atoms with E-state index < -0.39 is 5.97 Å². The highest BCUT2D eigenvalue weighted by Crippen LogP contribution is 2.21. The molecule has 0 bridgehead atoms. The molecule has 24 heavy (non-hydrogen) atoms. The van der Waals surface area contributed by atoms with Gasteiger partial charge in [0.05, 0.1) is 17.6 Å². The standard InChI is InChI=1S/C20H14N2O2/c23-20(24)17-7-8-22-19-6-4-14(10-18(17)19)2-1-13-3-5-15-11-21-12-16(15)9-13/h1-10,12H,11H2,(H,23,24)/b2-1+. The summed E-state index contributed by atoms with van der Waals surface area (Å²) in [4.78, 5) is 19.8. The largest absolute Gasteiger partial charge is 0.478 e. The summed E-state index contributed by atoms with van der Waals surface area (Å²) in [5.41, 5.74) is 5.38. The SMILES string of the molecule is O=C(O)c1ccnc2ccc(/C=C/c3ccc4c(c3)C=NC4)cc12. The van der Waals surface area contributed by atoms with Crippen molar-refractivity contribution in [3.63, 3.8) is 0 Å². The highest BCUT2D eigenvalue weighted by atomic mass is 16.4. The Hall–Kier alpha value is -3.27. The topological polar surface area (TPSA) is 62.5 Å². The highest BCUT2D eigenvalue weighted by molar-refractivity contribution is 6.03. The third-order valence-electron chi connectivity index (χ3n) is 4.13. The van der Waals surface area contributed by atoms with Gasteiger partial charge in [-0.3, -0.25) is 9.98 Å². The molecule has 1 aromatic heterocycles. The van der Waals surface area contributed by atoms with E-state index in [-0.39, 0.29) is 5.56 Å². The zero-order valence-corrected chi connectivity index (χ0v) is 12.8. The average Bonchev–Trinajstić information content (AvgIpc) is 3.06. The van der Waals surface area contributed by atoms with Gasteiger partial charge < -0.3 is 5.11 Å². The molecule has 0 aliphatic carbocycles. The summed E-state index contributed by atoms with van der Waals surface area (Å²) < 4.78 is 0. The third-order valence-corrected chi connectivity index (χ3v) is 4.13. The monoisotopic (exact) mass is 314 g/mol. The van der Waals surface area contributed by atoms with E-state index in [2.05, 4.69) is 28.2 Å². The Morgan fingerprint density at radius 1 is 1.04 bits per heavy atom. The number of benzene rings is 2. The van der Waals surface area contributed by atoms with Crippen molar-refractivity contribution >= 4 is 35.2 Å². The van der Waals surface area contributed by atoms with Crippen LogP contribution < -0.4 is 0 Å². The molecule has 0 spiro atoms. The Bertz CT molecular complexity index is 1020. The summed E-state index contributed by atoms with van der Waals surface area (Å²) >= 11 is 0. The van der Waals surface area contributed by atoms with Crippen molar-refractivity contribution in [2.75, 3.05) is 0 Å². The van der Waals surface area contributed by atoms with E-state index in [4.69, 9.17) is 0 Å². The van der Waals surface area contributed by atoms with E-state index in [1.54, 1.807) is 0 Å². The number of nitrogens with zero attached hydrogens (tertiary/aromatic N) is 2. The molecule has 116 valence electrons. The number of hydrogen-bond donors (Lipinski definition) is 1. The fraction of sp³-hybridized carbons (Fsp3) is 0.0500. The number of carbonyl (C=O) groups is 1. The van der Waals surface area contributed by atoms with Crippen LogP contribution in [-0.2, 0) is 6.54 Å². The number of aliphatic imine (C=N–C) groups is 1. The van der Waals surface area contributed by atoms with Crippen LogP contribution in [0.5, 0.6) is 0 Å². The third kappa shape index (κ3) is 2.58. The maximum atomic E-state index is 11.4. The van der Waals surface area contributed by atoms with Crippen LogP contribution in [0.15, 0.2) is 53.7 Å². The maximum absolute atomic E-state index is 11.4. The van der Waals surface area contributed by atoms with Gasteiger partial charge in [0.1, 0.15) is 0 Å². The van der Waals surface area contributed by atoms with Gasteiger partial charge in [-0.25, -0.2) is 4.79 Å². The molecule has 2 aromatic carbocycles. The van der Waals surface area contributed by atoms with Crippen molar-refractivity contribution in [2.24, 2.45) is 4.99 Å². The summed E-state index contributed by atoms with van der Waals surface area (Å²) in [6.45, 7) is 0.759. The first-order valence-corrected chi connectivity index (χ1v) is 7.63. The zero-order chi connectivity index (χ0) is 16.5. The Balaban J connectivity index is 1.70. The van der Waals surface area contributed by atoms with Gasteiger partial charge in [0, 0.05) is 17.8 Å². The molecule has 4 nitrogen and oxygen atoms in total.